The van der Waals surface area contributed by atoms with Crippen molar-refractivity contribution in [1.29, 1.82) is 0 Å². The number of benzene rings is 3. The van der Waals surface area contributed by atoms with E-state index in [1.165, 1.54) is 10.4 Å². The van der Waals surface area contributed by atoms with E-state index >= 15 is 0 Å². The maximum absolute atomic E-state index is 12.6. The summed E-state index contributed by atoms with van der Waals surface area (Å²) in [6, 6.07) is 31.0. The normalized spacial score (nSPS) is 14.4. The third-order valence-corrected chi connectivity index (χ3v) is 12.3. The quantitative estimate of drug-likeness (QED) is 0.307. The predicted molar refractivity (Wildman–Crippen MR) is 140 cm³/mol. The van der Waals surface area contributed by atoms with Crippen LogP contribution in [0.15, 0.2) is 108 Å². The van der Waals surface area contributed by atoms with Gasteiger partial charge in [0.05, 0.1) is 17.4 Å². The summed E-state index contributed by atoms with van der Waals surface area (Å²) in [5.74, 6) is 0.818. The van der Waals surface area contributed by atoms with Crippen LogP contribution in [0.3, 0.4) is 0 Å². The minimum Gasteiger partial charge on any atom is -0.404 e. The van der Waals surface area contributed by atoms with Crippen LogP contribution in [0.4, 0.5) is 0 Å². The first-order valence-electron chi connectivity index (χ1n) is 11.2. The van der Waals surface area contributed by atoms with Crippen molar-refractivity contribution in [2.45, 2.75) is 37.6 Å². The maximum atomic E-state index is 12.6. The SMILES string of the molecule is C[C@@H](/C=C/CO[Si](c1ccccc1)(c1ccccc1)C(C)(C)C)C[S@@](=O)c1ccccc1. The lowest BCUT2D eigenvalue weighted by atomic mass is 10.2. The van der Waals surface area contributed by atoms with E-state index in [1.807, 2.05) is 30.3 Å². The van der Waals surface area contributed by atoms with Gasteiger partial charge in [-0.05, 0) is 33.5 Å². The molecular weight excluding hydrogens is 428 g/mol. The lowest BCUT2D eigenvalue weighted by Crippen LogP contribution is -2.66. The first kappa shape index (κ1) is 24.4. The number of hydrogen-bond acceptors (Lipinski definition) is 2. The fourth-order valence-corrected chi connectivity index (χ4v) is 9.93. The fraction of sp³-hybridized carbons (Fsp3) is 0.286. The van der Waals surface area contributed by atoms with Crippen LogP contribution >= 0.6 is 0 Å². The molecule has 3 rings (SSSR count). The molecule has 0 heterocycles. The van der Waals surface area contributed by atoms with Gasteiger partial charge in [-0.2, -0.15) is 0 Å². The smallest absolute Gasteiger partial charge is 0.261 e. The highest BCUT2D eigenvalue weighted by atomic mass is 32.2. The molecule has 0 aromatic heterocycles. The van der Waals surface area contributed by atoms with Gasteiger partial charge in [0.25, 0.3) is 8.32 Å². The van der Waals surface area contributed by atoms with Crippen molar-refractivity contribution in [1.82, 2.24) is 0 Å². The summed E-state index contributed by atoms with van der Waals surface area (Å²) in [6.45, 7) is 9.51. The van der Waals surface area contributed by atoms with Gasteiger partial charge in [0.1, 0.15) is 0 Å². The minimum atomic E-state index is -2.52. The maximum Gasteiger partial charge on any atom is 0.261 e. The van der Waals surface area contributed by atoms with Crippen molar-refractivity contribution in [2.24, 2.45) is 5.92 Å². The molecular formula is C28H34O2SSi. The molecule has 2 atom stereocenters. The van der Waals surface area contributed by atoms with E-state index in [9.17, 15) is 4.21 Å². The highest BCUT2D eigenvalue weighted by Gasteiger charge is 2.49. The molecule has 4 heteroatoms. The minimum absolute atomic E-state index is 0.0377. The molecule has 2 nitrogen and oxygen atoms in total. The fourth-order valence-electron chi connectivity index (χ4n) is 4.19. The summed E-state index contributed by atoms with van der Waals surface area (Å²) < 4.78 is 19.5. The second kappa shape index (κ2) is 11.0. The summed E-state index contributed by atoms with van der Waals surface area (Å²) >= 11 is 0. The van der Waals surface area contributed by atoms with E-state index in [4.69, 9.17) is 4.43 Å². The molecule has 0 aliphatic heterocycles. The molecule has 32 heavy (non-hydrogen) atoms. The Morgan fingerprint density at radius 1 is 0.844 bits per heavy atom. The van der Waals surface area contributed by atoms with Crippen molar-refractivity contribution in [2.75, 3.05) is 12.4 Å². The van der Waals surface area contributed by atoms with Gasteiger partial charge in [-0.25, -0.2) is 0 Å². The average molecular weight is 463 g/mol. The van der Waals surface area contributed by atoms with Crippen molar-refractivity contribution in [3.05, 3.63) is 103 Å². The van der Waals surface area contributed by atoms with Crippen LogP contribution in [0.1, 0.15) is 27.7 Å². The van der Waals surface area contributed by atoms with Crippen LogP contribution in [-0.2, 0) is 15.2 Å². The molecule has 0 saturated heterocycles. The third-order valence-electron chi connectivity index (χ3n) is 5.70. The zero-order chi connectivity index (χ0) is 23.0. The van der Waals surface area contributed by atoms with E-state index in [1.54, 1.807) is 0 Å². The molecule has 0 bridgehead atoms. The molecule has 0 radical (unpaired) electrons. The monoisotopic (exact) mass is 462 g/mol. The largest absolute Gasteiger partial charge is 0.404 e. The van der Waals surface area contributed by atoms with Gasteiger partial charge >= 0.3 is 0 Å². The van der Waals surface area contributed by atoms with Crippen LogP contribution < -0.4 is 10.4 Å². The molecule has 0 spiro atoms. The van der Waals surface area contributed by atoms with Crippen LogP contribution in [0.25, 0.3) is 0 Å². The molecule has 0 unspecified atom stereocenters. The van der Waals surface area contributed by atoms with Gasteiger partial charge in [-0.3, -0.25) is 4.21 Å². The molecule has 0 N–H and O–H groups in total. The Kier molecular flexibility index (Phi) is 8.41. The molecule has 0 fully saturated rings. The Bertz CT molecular complexity index is 972. The second-order valence-electron chi connectivity index (χ2n) is 9.20. The summed E-state index contributed by atoms with van der Waals surface area (Å²) in [6.07, 6.45) is 4.24. The first-order valence-corrected chi connectivity index (χ1v) is 14.4. The summed E-state index contributed by atoms with van der Waals surface area (Å²) in [4.78, 5) is 0.885. The van der Waals surface area contributed by atoms with Gasteiger partial charge in [0, 0.05) is 10.6 Å². The number of hydrogen-bond donors (Lipinski definition) is 0. The summed E-state index contributed by atoms with van der Waals surface area (Å²) in [5, 5.41) is 2.53. The van der Waals surface area contributed by atoms with Crippen LogP contribution in [0.2, 0.25) is 5.04 Å². The Labute approximate surface area is 196 Å². The molecule has 0 saturated carbocycles. The number of rotatable bonds is 9. The van der Waals surface area contributed by atoms with E-state index < -0.39 is 19.1 Å². The Morgan fingerprint density at radius 3 is 1.78 bits per heavy atom. The topological polar surface area (TPSA) is 26.3 Å². The van der Waals surface area contributed by atoms with Gasteiger partial charge in [-0.15, -0.1) is 0 Å². The highest BCUT2D eigenvalue weighted by molar-refractivity contribution is 7.85. The molecule has 168 valence electrons. The van der Waals surface area contributed by atoms with Gasteiger partial charge < -0.3 is 4.43 Å². The van der Waals surface area contributed by atoms with Crippen molar-refractivity contribution in [3.8, 4) is 0 Å². The first-order chi connectivity index (χ1) is 15.3. The standard InChI is InChI=1S/C28H34O2SSi/c1-24(23-31(29)25-16-8-5-9-17-25)15-14-22-30-32(28(2,3)4,26-18-10-6-11-19-26)27-20-12-7-13-21-27/h5-21,24H,22-23H2,1-4H3/b15-14+/t24-,31+/m0/s1. The highest BCUT2D eigenvalue weighted by Crippen LogP contribution is 2.36. The van der Waals surface area contributed by atoms with Crippen LogP contribution in [0.5, 0.6) is 0 Å². The van der Waals surface area contributed by atoms with Crippen molar-refractivity contribution >= 4 is 29.5 Å². The lowest BCUT2D eigenvalue weighted by molar-refractivity contribution is 0.338. The predicted octanol–water partition coefficient (Wildman–Crippen LogP) is 5.56. The zero-order valence-corrected chi connectivity index (χ0v) is 21.3. The molecule has 0 amide bonds. The Morgan fingerprint density at radius 2 is 1.31 bits per heavy atom. The Hall–Kier alpha value is -2.27. The molecule has 0 aliphatic rings. The van der Waals surface area contributed by atoms with E-state index in [2.05, 4.69) is 101 Å². The molecule has 0 aliphatic carbocycles. The zero-order valence-electron chi connectivity index (χ0n) is 19.5. The molecule has 3 aromatic rings. The van der Waals surface area contributed by atoms with Crippen molar-refractivity contribution in [3.63, 3.8) is 0 Å². The second-order valence-corrected chi connectivity index (χ2v) is 15.0. The lowest BCUT2D eigenvalue weighted by Gasteiger charge is -2.42. The van der Waals surface area contributed by atoms with E-state index in [-0.39, 0.29) is 11.0 Å². The van der Waals surface area contributed by atoms with E-state index in [0.29, 0.717) is 12.4 Å². The average Bonchev–Trinajstić information content (AvgIpc) is 2.80. The van der Waals surface area contributed by atoms with Crippen LogP contribution in [-0.4, -0.2) is 24.9 Å². The summed E-state index contributed by atoms with van der Waals surface area (Å²) in [7, 11) is -3.51. The van der Waals surface area contributed by atoms with Crippen molar-refractivity contribution < 1.29 is 8.63 Å². The summed E-state index contributed by atoms with van der Waals surface area (Å²) in [5.41, 5.74) is 0. The Balaban J connectivity index is 1.78. The van der Waals surface area contributed by atoms with E-state index in [0.717, 1.165) is 4.90 Å². The number of allylic oxidation sites excluding steroid dienone is 1. The molecule has 3 aromatic carbocycles. The van der Waals surface area contributed by atoms with Gasteiger partial charge in [-0.1, -0.05) is 119 Å². The van der Waals surface area contributed by atoms with Gasteiger partial charge in [0.15, 0.2) is 0 Å². The third kappa shape index (κ3) is 5.74. The van der Waals surface area contributed by atoms with Gasteiger partial charge in [0.2, 0.25) is 0 Å². The van der Waals surface area contributed by atoms with Crippen LogP contribution in [0, 0.1) is 5.92 Å².